The minimum absolute atomic E-state index is 0.322. The maximum atomic E-state index is 5.72. The fraction of sp³-hybridized carbons (Fsp3) is 0.273. The first-order chi connectivity index (χ1) is 7.13. The molecular formula is C11H17N2O2+. The van der Waals surface area contributed by atoms with Crippen LogP contribution in [0.25, 0.3) is 0 Å². The minimum atomic E-state index is 0.322. The number of hydrogen-bond donors (Lipinski definition) is 1. The smallest absolute Gasteiger partial charge is 0.191 e. The summed E-state index contributed by atoms with van der Waals surface area (Å²) in [5, 5.41) is 0. The Morgan fingerprint density at radius 3 is 2.27 bits per heavy atom. The van der Waals surface area contributed by atoms with Crippen LogP contribution in [-0.2, 0) is 0 Å². The van der Waals surface area contributed by atoms with Gasteiger partial charge in [0.25, 0.3) is 0 Å². The number of nitrogens with zero attached hydrogens (tertiary/aromatic N) is 1. The van der Waals surface area contributed by atoms with Gasteiger partial charge in [0, 0.05) is 0 Å². The predicted molar refractivity (Wildman–Crippen MR) is 58.8 cm³/mol. The van der Waals surface area contributed by atoms with E-state index in [2.05, 4.69) is 11.4 Å². The summed E-state index contributed by atoms with van der Waals surface area (Å²) in [5.41, 5.74) is 0. The van der Waals surface area contributed by atoms with Gasteiger partial charge >= 0.3 is 0 Å². The van der Waals surface area contributed by atoms with Gasteiger partial charge in [0.05, 0.1) is 0 Å². The van der Waals surface area contributed by atoms with E-state index >= 15 is 0 Å². The number of nitrogens with two attached hydrogens (primary N) is 1. The molecule has 0 heterocycles. The molecular weight excluding hydrogens is 192 g/mol. The number of hydroxylamine groups is 3. The Bertz CT molecular complexity index is 324. The van der Waals surface area contributed by atoms with Crippen LogP contribution in [0.15, 0.2) is 37.0 Å². The maximum absolute atomic E-state index is 5.72. The van der Waals surface area contributed by atoms with Crippen LogP contribution >= 0.6 is 0 Å². The molecule has 0 aliphatic heterocycles. The molecule has 0 saturated carbocycles. The first-order valence-corrected chi connectivity index (χ1v) is 4.78. The highest BCUT2D eigenvalue weighted by Gasteiger charge is 2.17. The van der Waals surface area contributed by atoms with Crippen molar-refractivity contribution in [3.63, 3.8) is 0 Å². The summed E-state index contributed by atoms with van der Waals surface area (Å²) in [7, 11) is 1.93. The molecule has 4 nitrogen and oxygen atoms in total. The molecule has 0 aliphatic rings. The highest BCUT2D eigenvalue weighted by Crippen LogP contribution is 2.19. The number of hydrogen-bond acceptors (Lipinski definition) is 3. The summed E-state index contributed by atoms with van der Waals surface area (Å²) in [6, 6.07) is 7.10. The summed E-state index contributed by atoms with van der Waals surface area (Å²) in [6.07, 6.45) is 1.74. The zero-order valence-corrected chi connectivity index (χ0v) is 9.14. The molecule has 1 atom stereocenters. The Balaban J connectivity index is 2.76. The van der Waals surface area contributed by atoms with Gasteiger partial charge in [0.2, 0.25) is 0 Å². The van der Waals surface area contributed by atoms with Crippen molar-refractivity contribution in [2.24, 2.45) is 5.90 Å². The quantitative estimate of drug-likeness (QED) is 0.594. The van der Waals surface area contributed by atoms with Crippen molar-refractivity contribution in [3.8, 4) is 11.5 Å². The van der Waals surface area contributed by atoms with Gasteiger partial charge in [-0.05, 0) is 37.8 Å². The lowest BCUT2D eigenvalue weighted by Crippen LogP contribution is -2.41. The van der Waals surface area contributed by atoms with Crippen molar-refractivity contribution in [1.29, 1.82) is 0 Å². The molecule has 1 aromatic carbocycles. The highest BCUT2D eigenvalue weighted by molar-refractivity contribution is 5.30. The topological polar surface area (TPSA) is 44.5 Å². The third kappa shape index (κ3) is 2.97. The monoisotopic (exact) mass is 209 g/mol. The SMILES string of the molecule is C=C[N+](C)(CC)Oc1ccc(ON)cc1. The molecule has 0 spiro atoms. The van der Waals surface area contributed by atoms with Crippen LogP contribution in [0.5, 0.6) is 11.5 Å². The van der Waals surface area contributed by atoms with Gasteiger partial charge in [-0.25, -0.2) is 0 Å². The van der Waals surface area contributed by atoms with Crippen LogP contribution in [0.2, 0.25) is 0 Å². The summed E-state index contributed by atoms with van der Waals surface area (Å²) in [5.74, 6) is 6.37. The van der Waals surface area contributed by atoms with E-state index in [0.717, 1.165) is 12.3 Å². The molecule has 0 bridgehead atoms. The largest absolute Gasteiger partial charge is 0.412 e. The van der Waals surface area contributed by atoms with E-state index < -0.39 is 0 Å². The number of quaternary nitrogens is 1. The van der Waals surface area contributed by atoms with Crippen LogP contribution in [-0.4, -0.2) is 18.2 Å². The van der Waals surface area contributed by atoms with Crippen molar-refractivity contribution < 1.29 is 14.3 Å². The Morgan fingerprint density at radius 1 is 1.33 bits per heavy atom. The number of rotatable bonds is 5. The van der Waals surface area contributed by atoms with Crippen molar-refractivity contribution in [3.05, 3.63) is 37.0 Å². The summed E-state index contributed by atoms with van der Waals surface area (Å²) < 4.78 is 0.322. The molecule has 0 fully saturated rings. The second-order valence-corrected chi connectivity index (χ2v) is 3.35. The van der Waals surface area contributed by atoms with E-state index in [9.17, 15) is 0 Å². The molecule has 0 radical (unpaired) electrons. The maximum Gasteiger partial charge on any atom is 0.191 e. The van der Waals surface area contributed by atoms with Gasteiger partial charge in [-0.3, -0.25) is 0 Å². The zero-order chi connectivity index (χ0) is 11.3. The first-order valence-electron chi connectivity index (χ1n) is 4.78. The predicted octanol–water partition coefficient (Wildman–Crippen LogP) is 1.84. The minimum Gasteiger partial charge on any atom is -0.412 e. The van der Waals surface area contributed by atoms with Gasteiger partial charge < -0.3 is 9.68 Å². The Hall–Kier alpha value is -1.52. The fourth-order valence-corrected chi connectivity index (χ4v) is 1.05. The van der Waals surface area contributed by atoms with Crippen LogP contribution in [0.4, 0.5) is 0 Å². The van der Waals surface area contributed by atoms with Crippen LogP contribution < -0.4 is 15.6 Å². The molecule has 1 unspecified atom stereocenters. The van der Waals surface area contributed by atoms with E-state index in [-0.39, 0.29) is 0 Å². The molecule has 0 aromatic heterocycles. The van der Waals surface area contributed by atoms with E-state index in [0.29, 0.717) is 10.4 Å². The van der Waals surface area contributed by atoms with Gasteiger partial charge in [0.1, 0.15) is 25.5 Å². The normalized spacial score (nSPS) is 14.1. The lowest BCUT2D eigenvalue weighted by Gasteiger charge is -2.25. The molecule has 82 valence electrons. The zero-order valence-electron chi connectivity index (χ0n) is 9.14. The third-order valence-electron chi connectivity index (χ3n) is 2.29. The van der Waals surface area contributed by atoms with Crippen molar-refractivity contribution in [2.75, 3.05) is 13.6 Å². The fourth-order valence-electron chi connectivity index (χ4n) is 1.05. The van der Waals surface area contributed by atoms with Gasteiger partial charge in [-0.2, -0.15) is 5.90 Å². The third-order valence-corrected chi connectivity index (χ3v) is 2.29. The van der Waals surface area contributed by atoms with Crippen molar-refractivity contribution >= 4 is 0 Å². The van der Waals surface area contributed by atoms with Gasteiger partial charge in [0.15, 0.2) is 5.75 Å². The van der Waals surface area contributed by atoms with E-state index in [1.807, 2.05) is 14.0 Å². The standard InChI is InChI=1S/C11H17N2O2/c1-4-13(3,5-2)15-11-8-6-10(14-12)7-9-11/h4,6-9H,1,5,12H2,2-3H3/q+1. The molecule has 1 rings (SSSR count). The molecule has 0 aliphatic carbocycles. The van der Waals surface area contributed by atoms with Crippen molar-refractivity contribution in [1.82, 2.24) is 0 Å². The molecule has 2 N–H and O–H groups in total. The van der Waals surface area contributed by atoms with Crippen LogP contribution in [0, 0.1) is 0 Å². The first kappa shape index (κ1) is 11.6. The Kier molecular flexibility index (Phi) is 3.71. The molecule has 1 aromatic rings. The van der Waals surface area contributed by atoms with E-state index in [4.69, 9.17) is 10.7 Å². The average molecular weight is 209 g/mol. The molecule has 0 saturated heterocycles. The Morgan fingerprint density at radius 2 is 1.87 bits per heavy atom. The summed E-state index contributed by atoms with van der Waals surface area (Å²) in [6.45, 7) is 6.57. The van der Waals surface area contributed by atoms with E-state index in [1.165, 1.54) is 0 Å². The van der Waals surface area contributed by atoms with Crippen molar-refractivity contribution in [2.45, 2.75) is 6.92 Å². The lowest BCUT2D eigenvalue weighted by atomic mass is 10.3. The second-order valence-electron chi connectivity index (χ2n) is 3.35. The molecule has 0 amide bonds. The molecule has 15 heavy (non-hydrogen) atoms. The van der Waals surface area contributed by atoms with Gasteiger partial charge in [-0.1, -0.05) is 0 Å². The second kappa shape index (κ2) is 4.82. The van der Waals surface area contributed by atoms with E-state index in [1.54, 1.807) is 30.5 Å². The summed E-state index contributed by atoms with van der Waals surface area (Å²) >= 11 is 0. The van der Waals surface area contributed by atoms with Gasteiger partial charge in [-0.15, -0.1) is 4.65 Å². The van der Waals surface area contributed by atoms with Crippen LogP contribution in [0.3, 0.4) is 0 Å². The lowest BCUT2D eigenvalue weighted by molar-refractivity contribution is -1.02. The van der Waals surface area contributed by atoms with Crippen LogP contribution in [0.1, 0.15) is 6.92 Å². The summed E-state index contributed by atoms with van der Waals surface area (Å²) in [4.78, 5) is 10.3. The average Bonchev–Trinajstić information content (AvgIpc) is 2.30. The highest BCUT2D eigenvalue weighted by atomic mass is 16.7. The molecule has 4 heteroatoms. The Labute approximate surface area is 90.0 Å². The number of benzene rings is 1.